The van der Waals surface area contributed by atoms with E-state index in [-0.39, 0.29) is 11.6 Å². The third-order valence-corrected chi connectivity index (χ3v) is 4.56. The minimum atomic E-state index is -4.43. The van der Waals surface area contributed by atoms with Gasteiger partial charge in [-0.1, -0.05) is 0 Å². The van der Waals surface area contributed by atoms with Gasteiger partial charge in [0.1, 0.15) is 11.2 Å². The van der Waals surface area contributed by atoms with Crippen molar-refractivity contribution in [2.45, 2.75) is 37.5 Å². The fourth-order valence-electron chi connectivity index (χ4n) is 1.90. The van der Waals surface area contributed by atoms with Crippen molar-refractivity contribution in [3.8, 4) is 12.1 Å². The van der Waals surface area contributed by atoms with Gasteiger partial charge in [-0.15, -0.1) is 0 Å². The van der Waals surface area contributed by atoms with Crippen LogP contribution in [0.25, 0.3) is 0 Å². The Hall–Kier alpha value is -1.71. The maximum atomic E-state index is 12.4. The maximum Gasteiger partial charge on any atom is 0.389 e. The van der Waals surface area contributed by atoms with Crippen LogP contribution >= 0.6 is 0 Å². The second-order valence-corrected chi connectivity index (χ2v) is 6.46. The van der Waals surface area contributed by atoms with Crippen molar-refractivity contribution in [2.75, 3.05) is 5.75 Å². The monoisotopic (exact) mass is 332 g/mol. The van der Waals surface area contributed by atoms with E-state index < -0.39 is 35.6 Å². The molecule has 0 spiro atoms. The molecule has 0 saturated heterocycles. The van der Waals surface area contributed by atoms with E-state index >= 15 is 0 Å². The third kappa shape index (κ3) is 4.39. The molecule has 1 unspecified atom stereocenters. The molecule has 0 aliphatic rings. The van der Waals surface area contributed by atoms with Crippen LogP contribution in [0.1, 0.15) is 25.5 Å². The van der Waals surface area contributed by atoms with Gasteiger partial charge in [0, 0.05) is 36.8 Å². The minimum absolute atomic E-state index is 0.194. The standard InChI is InChI=1S/C13H15F3N4OS/c1-3-22(21)11-19-7-10(20(11)2)6-12(8-17,9-18)4-5-13(14,15)16/h7H,3-6H2,1-2H3. The Morgan fingerprint density at radius 1 is 1.32 bits per heavy atom. The number of imidazole rings is 1. The largest absolute Gasteiger partial charge is 0.609 e. The van der Waals surface area contributed by atoms with Gasteiger partial charge >= 0.3 is 11.3 Å². The molecule has 1 rings (SSSR count). The summed E-state index contributed by atoms with van der Waals surface area (Å²) in [6.07, 6.45) is -5.10. The molecule has 1 aromatic heterocycles. The van der Waals surface area contributed by atoms with Gasteiger partial charge in [-0.2, -0.15) is 28.7 Å². The molecule has 0 aliphatic heterocycles. The summed E-state index contributed by atoms with van der Waals surface area (Å²) in [6, 6.07) is 3.38. The van der Waals surface area contributed by atoms with Crippen LogP contribution in [0.2, 0.25) is 0 Å². The highest BCUT2D eigenvalue weighted by molar-refractivity contribution is 7.91. The van der Waals surface area contributed by atoms with Crippen LogP contribution in [-0.4, -0.2) is 26.0 Å². The molecule has 1 heterocycles. The summed E-state index contributed by atoms with van der Waals surface area (Å²) in [7, 11) is 1.56. The van der Waals surface area contributed by atoms with E-state index in [1.807, 2.05) is 0 Å². The zero-order valence-electron chi connectivity index (χ0n) is 12.1. The highest BCUT2D eigenvalue weighted by Crippen LogP contribution is 2.33. The normalized spacial score (nSPS) is 13.5. The van der Waals surface area contributed by atoms with E-state index in [9.17, 15) is 17.7 Å². The Bertz CT molecular complexity index is 586. The van der Waals surface area contributed by atoms with E-state index in [1.165, 1.54) is 10.8 Å². The average molecular weight is 332 g/mol. The van der Waals surface area contributed by atoms with Gasteiger partial charge in [0.05, 0.1) is 18.3 Å². The summed E-state index contributed by atoms with van der Waals surface area (Å²) in [6.45, 7) is 1.71. The molecule has 0 aromatic carbocycles. The molecule has 0 fully saturated rings. The van der Waals surface area contributed by atoms with Crippen LogP contribution in [0.4, 0.5) is 13.2 Å². The molecule has 120 valence electrons. The molecular weight excluding hydrogens is 317 g/mol. The summed E-state index contributed by atoms with van der Waals surface area (Å²) in [4.78, 5) is 3.97. The molecule has 9 heteroatoms. The predicted octanol–water partition coefficient (Wildman–Crippen LogP) is 2.47. The Labute approximate surface area is 129 Å². The molecule has 0 N–H and O–H groups in total. The summed E-state index contributed by atoms with van der Waals surface area (Å²) in [5, 5.41) is 18.6. The van der Waals surface area contributed by atoms with Crippen molar-refractivity contribution in [2.24, 2.45) is 12.5 Å². The average Bonchev–Trinajstić information content (AvgIpc) is 2.83. The van der Waals surface area contributed by atoms with Gasteiger partial charge in [0.2, 0.25) is 0 Å². The van der Waals surface area contributed by atoms with Crippen molar-refractivity contribution in [3.63, 3.8) is 0 Å². The molecule has 5 nitrogen and oxygen atoms in total. The van der Waals surface area contributed by atoms with Crippen molar-refractivity contribution in [3.05, 3.63) is 11.9 Å². The second kappa shape index (κ2) is 7.03. The van der Waals surface area contributed by atoms with E-state index in [0.717, 1.165) is 0 Å². The van der Waals surface area contributed by atoms with Crippen LogP contribution in [0.3, 0.4) is 0 Å². The number of nitriles is 2. The van der Waals surface area contributed by atoms with Crippen LogP contribution in [-0.2, 0) is 24.6 Å². The molecule has 0 radical (unpaired) electrons. The topological polar surface area (TPSA) is 88.5 Å². The Morgan fingerprint density at radius 3 is 2.36 bits per heavy atom. The lowest BCUT2D eigenvalue weighted by Gasteiger charge is -2.19. The fourth-order valence-corrected chi connectivity index (χ4v) is 2.75. The van der Waals surface area contributed by atoms with Gasteiger partial charge < -0.3 is 4.55 Å². The third-order valence-electron chi connectivity index (χ3n) is 3.25. The van der Waals surface area contributed by atoms with Crippen LogP contribution < -0.4 is 0 Å². The molecular formula is C13H15F3N4OS. The van der Waals surface area contributed by atoms with E-state index in [0.29, 0.717) is 11.4 Å². The zero-order valence-corrected chi connectivity index (χ0v) is 13.0. The van der Waals surface area contributed by atoms with E-state index in [2.05, 4.69) is 4.98 Å². The lowest BCUT2D eigenvalue weighted by Crippen LogP contribution is -2.24. The summed E-state index contributed by atoms with van der Waals surface area (Å²) < 4.78 is 50.3. The van der Waals surface area contributed by atoms with Crippen molar-refractivity contribution < 1.29 is 17.7 Å². The number of halogens is 3. The number of nitrogens with zero attached hydrogens (tertiary/aromatic N) is 4. The first-order chi connectivity index (χ1) is 10.2. The first-order valence-electron chi connectivity index (χ1n) is 6.46. The highest BCUT2D eigenvalue weighted by Gasteiger charge is 2.38. The minimum Gasteiger partial charge on any atom is -0.609 e. The highest BCUT2D eigenvalue weighted by atomic mass is 32.2. The molecule has 0 saturated carbocycles. The van der Waals surface area contributed by atoms with Crippen LogP contribution in [0, 0.1) is 28.1 Å². The quantitative estimate of drug-likeness (QED) is 0.749. The van der Waals surface area contributed by atoms with Crippen molar-refractivity contribution in [1.29, 1.82) is 10.5 Å². The Kier molecular flexibility index (Phi) is 5.86. The first-order valence-corrected chi connectivity index (χ1v) is 7.78. The number of rotatable bonds is 6. The number of hydrogen-bond donors (Lipinski definition) is 0. The van der Waals surface area contributed by atoms with Crippen LogP contribution in [0.5, 0.6) is 0 Å². The lowest BCUT2D eigenvalue weighted by atomic mass is 9.82. The summed E-state index contributed by atoms with van der Waals surface area (Å²) in [5.74, 6) is 0.347. The Morgan fingerprint density at radius 2 is 1.91 bits per heavy atom. The smallest absolute Gasteiger partial charge is 0.389 e. The summed E-state index contributed by atoms with van der Waals surface area (Å²) in [5.41, 5.74) is -1.38. The molecule has 1 aromatic rings. The molecule has 0 bridgehead atoms. The predicted molar refractivity (Wildman–Crippen MR) is 72.8 cm³/mol. The molecule has 22 heavy (non-hydrogen) atoms. The fraction of sp³-hybridized carbons (Fsp3) is 0.615. The van der Waals surface area contributed by atoms with Gasteiger partial charge in [0.25, 0.3) is 0 Å². The van der Waals surface area contributed by atoms with E-state index in [4.69, 9.17) is 10.5 Å². The number of alkyl halides is 3. The SMILES string of the molecule is CC[S+]([O-])c1ncc(CC(C#N)(C#N)CCC(F)(F)F)n1C. The number of hydrogen-bond acceptors (Lipinski definition) is 4. The lowest BCUT2D eigenvalue weighted by molar-refractivity contribution is -0.138. The van der Waals surface area contributed by atoms with E-state index in [1.54, 1.807) is 26.1 Å². The molecule has 0 amide bonds. The molecule has 1 atom stereocenters. The maximum absolute atomic E-state index is 12.4. The number of aromatic nitrogens is 2. The van der Waals surface area contributed by atoms with Gasteiger partial charge in [0.15, 0.2) is 0 Å². The summed E-state index contributed by atoms with van der Waals surface area (Å²) >= 11 is -1.33. The van der Waals surface area contributed by atoms with Crippen molar-refractivity contribution in [1.82, 2.24) is 9.55 Å². The van der Waals surface area contributed by atoms with Crippen molar-refractivity contribution >= 4 is 11.2 Å². The van der Waals surface area contributed by atoms with Gasteiger partial charge in [-0.3, -0.25) is 4.57 Å². The Balaban J connectivity index is 3.00. The second-order valence-electron chi connectivity index (χ2n) is 4.82. The van der Waals surface area contributed by atoms with Crippen LogP contribution in [0.15, 0.2) is 11.4 Å². The first kappa shape index (κ1) is 18.3. The molecule has 0 aliphatic carbocycles. The van der Waals surface area contributed by atoms with Gasteiger partial charge in [-0.25, -0.2) is 0 Å². The van der Waals surface area contributed by atoms with Gasteiger partial charge in [-0.05, 0) is 13.3 Å². The zero-order chi connectivity index (χ0) is 17.0.